The Hall–Kier alpha value is -3.31. The van der Waals surface area contributed by atoms with Gasteiger partial charge in [0.05, 0.1) is 10.8 Å². The van der Waals surface area contributed by atoms with Crippen LogP contribution < -0.4 is 14.9 Å². The number of rotatable bonds is 6. The van der Waals surface area contributed by atoms with Gasteiger partial charge in [0, 0.05) is 35.9 Å². The van der Waals surface area contributed by atoms with Gasteiger partial charge in [-0.05, 0) is 48.5 Å². The Morgan fingerprint density at radius 3 is 2.48 bits per heavy atom. The minimum absolute atomic E-state index is 0.0271. The average Bonchev–Trinajstić information content (AvgIpc) is 3.38. The minimum atomic E-state index is -3.79. The fourth-order valence-electron chi connectivity index (χ4n) is 3.16. The number of hydrogen-bond acceptors (Lipinski definition) is 6. The molecule has 1 fully saturated rings. The molecule has 2 heterocycles. The normalized spacial score (nSPS) is 16.4. The van der Waals surface area contributed by atoms with Gasteiger partial charge in [-0.2, -0.15) is 0 Å². The van der Waals surface area contributed by atoms with Crippen LogP contribution in [0.4, 0.5) is 20.9 Å². The van der Waals surface area contributed by atoms with Crippen molar-refractivity contribution in [3.63, 3.8) is 0 Å². The van der Waals surface area contributed by atoms with Crippen molar-refractivity contribution in [3.05, 3.63) is 65.9 Å². The van der Waals surface area contributed by atoms with Crippen LogP contribution in [0, 0.1) is 11.7 Å². The molecule has 2 N–H and O–H groups in total. The number of nitrogens with one attached hydrogen (secondary N) is 2. The Morgan fingerprint density at radius 2 is 1.84 bits per heavy atom. The van der Waals surface area contributed by atoms with E-state index < -0.39 is 21.8 Å². The highest BCUT2D eigenvalue weighted by Crippen LogP contribution is 2.26. The summed E-state index contributed by atoms with van der Waals surface area (Å²) in [5.74, 6) is -1.56. The summed E-state index contributed by atoms with van der Waals surface area (Å²) >= 11 is 1.16. The molecule has 3 aromatic rings. The number of carbonyl (C=O) groups is 2. The Bertz CT molecular complexity index is 1200. The van der Waals surface area contributed by atoms with Gasteiger partial charge >= 0.3 is 0 Å². The molecule has 0 unspecified atom stereocenters. The lowest BCUT2D eigenvalue weighted by atomic mass is 10.1. The predicted molar refractivity (Wildman–Crippen MR) is 115 cm³/mol. The highest BCUT2D eigenvalue weighted by Gasteiger charge is 2.35. The molecule has 0 spiro atoms. The molecule has 0 bridgehead atoms. The third kappa shape index (κ3) is 4.72. The average molecular weight is 461 g/mol. The van der Waals surface area contributed by atoms with E-state index in [9.17, 15) is 22.4 Å². The maximum absolute atomic E-state index is 13.1. The molecule has 2 aromatic carbocycles. The van der Waals surface area contributed by atoms with Crippen LogP contribution in [-0.2, 0) is 19.6 Å². The van der Waals surface area contributed by atoms with E-state index in [0.717, 1.165) is 11.3 Å². The van der Waals surface area contributed by atoms with Crippen molar-refractivity contribution >= 4 is 49.7 Å². The van der Waals surface area contributed by atoms with Gasteiger partial charge < -0.3 is 10.2 Å². The third-order valence-corrected chi connectivity index (χ3v) is 6.89. The lowest BCUT2D eigenvalue weighted by molar-refractivity contribution is -0.122. The molecule has 8 nitrogen and oxygen atoms in total. The number of thiazole rings is 1. The SMILES string of the molecule is O=C(Nc1ccc(S(=O)(=O)Nc2nccs2)cc1)[C@H]1CC(=O)N(c2ccc(F)cc2)C1. The van der Waals surface area contributed by atoms with Crippen LogP contribution in [0.2, 0.25) is 0 Å². The molecule has 0 saturated carbocycles. The molecule has 0 aliphatic carbocycles. The standard InChI is InChI=1S/C20H17FN4O4S2/c21-14-1-5-16(6-2-14)25-12-13(11-18(25)26)19(27)23-15-3-7-17(8-4-15)31(28,29)24-20-22-9-10-30-20/h1-10,13H,11-12H2,(H,22,24)(H,23,27)/t13-/m0/s1. The summed E-state index contributed by atoms with van der Waals surface area (Å²) < 4.78 is 40.2. The lowest BCUT2D eigenvalue weighted by Gasteiger charge is -2.16. The monoisotopic (exact) mass is 460 g/mol. The van der Waals surface area contributed by atoms with Crippen LogP contribution in [-0.4, -0.2) is 31.8 Å². The van der Waals surface area contributed by atoms with Crippen LogP contribution in [0.25, 0.3) is 0 Å². The lowest BCUT2D eigenvalue weighted by Crippen LogP contribution is -2.28. The van der Waals surface area contributed by atoms with Crippen molar-refractivity contribution in [2.24, 2.45) is 5.92 Å². The number of sulfonamides is 1. The Balaban J connectivity index is 1.40. The molecular weight excluding hydrogens is 443 g/mol. The van der Waals surface area contributed by atoms with Crippen molar-refractivity contribution in [1.29, 1.82) is 0 Å². The quantitative estimate of drug-likeness (QED) is 0.588. The molecule has 2 amide bonds. The third-order valence-electron chi connectivity index (χ3n) is 4.72. The highest BCUT2D eigenvalue weighted by molar-refractivity contribution is 7.93. The number of hydrogen-bond donors (Lipinski definition) is 2. The molecule has 160 valence electrons. The molecular formula is C20H17FN4O4S2. The zero-order valence-electron chi connectivity index (χ0n) is 16.0. The van der Waals surface area contributed by atoms with Gasteiger partial charge in [0.2, 0.25) is 11.8 Å². The highest BCUT2D eigenvalue weighted by atomic mass is 32.2. The number of halogens is 1. The Kier molecular flexibility index (Phi) is 5.70. The zero-order chi connectivity index (χ0) is 22.0. The Labute approximate surface area is 181 Å². The van der Waals surface area contributed by atoms with E-state index in [1.807, 2.05) is 0 Å². The maximum Gasteiger partial charge on any atom is 0.263 e. The number of aromatic nitrogens is 1. The van der Waals surface area contributed by atoms with E-state index in [2.05, 4.69) is 15.0 Å². The number of amides is 2. The summed E-state index contributed by atoms with van der Waals surface area (Å²) in [5.41, 5.74) is 0.940. The fourth-order valence-corrected chi connectivity index (χ4v) is 4.95. The van der Waals surface area contributed by atoms with Crippen molar-refractivity contribution < 1.29 is 22.4 Å². The number of benzene rings is 2. The fraction of sp³-hybridized carbons (Fsp3) is 0.150. The van der Waals surface area contributed by atoms with Gasteiger partial charge in [-0.3, -0.25) is 14.3 Å². The second-order valence-electron chi connectivity index (χ2n) is 6.84. The number of anilines is 3. The van der Waals surface area contributed by atoms with Crippen molar-refractivity contribution in [2.45, 2.75) is 11.3 Å². The molecule has 11 heteroatoms. The van der Waals surface area contributed by atoms with Crippen LogP contribution >= 0.6 is 11.3 Å². The first-order valence-corrected chi connectivity index (χ1v) is 11.6. The first-order valence-electron chi connectivity index (χ1n) is 9.21. The summed E-state index contributed by atoms with van der Waals surface area (Å²) in [6.45, 7) is 0.181. The van der Waals surface area contributed by atoms with Crippen molar-refractivity contribution in [1.82, 2.24) is 4.98 Å². The summed E-state index contributed by atoms with van der Waals surface area (Å²) in [7, 11) is -3.79. The van der Waals surface area contributed by atoms with Gasteiger partial charge in [0.1, 0.15) is 5.82 Å². The summed E-state index contributed by atoms with van der Waals surface area (Å²) in [5, 5.41) is 4.62. The molecule has 4 rings (SSSR count). The van der Waals surface area contributed by atoms with E-state index in [0.29, 0.717) is 11.4 Å². The van der Waals surface area contributed by atoms with Crippen LogP contribution in [0.1, 0.15) is 6.42 Å². The topological polar surface area (TPSA) is 108 Å². The van der Waals surface area contributed by atoms with Crippen molar-refractivity contribution in [2.75, 3.05) is 21.5 Å². The zero-order valence-corrected chi connectivity index (χ0v) is 17.6. The van der Waals surface area contributed by atoms with Gasteiger partial charge in [0.15, 0.2) is 5.13 Å². The number of carbonyl (C=O) groups excluding carboxylic acids is 2. The largest absolute Gasteiger partial charge is 0.326 e. The summed E-state index contributed by atoms with van der Waals surface area (Å²) in [6.07, 6.45) is 1.53. The second kappa shape index (κ2) is 8.44. The molecule has 31 heavy (non-hydrogen) atoms. The summed E-state index contributed by atoms with van der Waals surface area (Å²) in [4.78, 5) is 30.2. The first kappa shape index (κ1) is 20.9. The molecule has 1 saturated heterocycles. The van der Waals surface area contributed by atoms with E-state index >= 15 is 0 Å². The maximum atomic E-state index is 13.1. The Morgan fingerprint density at radius 1 is 1.13 bits per heavy atom. The van der Waals surface area contributed by atoms with Gasteiger partial charge in [0.25, 0.3) is 10.0 Å². The molecule has 1 aliphatic rings. The minimum Gasteiger partial charge on any atom is -0.326 e. The van der Waals surface area contributed by atoms with E-state index in [-0.39, 0.29) is 34.8 Å². The summed E-state index contributed by atoms with van der Waals surface area (Å²) in [6, 6.07) is 11.2. The van der Waals surface area contributed by atoms with E-state index in [4.69, 9.17) is 0 Å². The smallest absolute Gasteiger partial charge is 0.263 e. The molecule has 1 aromatic heterocycles. The van der Waals surface area contributed by atoms with Gasteiger partial charge in [-0.1, -0.05) is 0 Å². The molecule has 0 radical (unpaired) electrons. The van der Waals surface area contributed by atoms with E-state index in [1.165, 1.54) is 59.6 Å². The van der Waals surface area contributed by atoms with Gasteiger partial charge in [-0.25, -0.2) is 17.8 Å². The van der Waals surface area contributed by atoms with Crippen LogP contribution in [0.5, 0.6) is 0 Å². The van der Waals surface area contributed by atoms with Crippen LogP contribution in [0.3, 0.4) is 0 Å². The second-order valence-corrected chi connectivity index (χ2v) is 9.42. The molecule has 1 atom stereocenters. The number of nitrogens with zero attached hydrogens (tertiary/aromatic N) is 2. The first-order chi connectivity index (χ1) is 14.8. The van der Waals surface area contributed by atoms with Gasteiger partial charge in [-0.15, -0.1) is 11.3 Å². The predicted octanol–water partition coefficient (Wildman–Crippen LogP) is 3.07. The van der Waals surface area contributed by atoms with E-state index in [1.54, 1.807) is 5.38 Å². The molecule has 1 aliphatic heterocycles. The van der Waals surface area contributed by atoms with Crippen molar-refractivity contribution in [3.8, 4) is 0 Å². The van der Waals surface area contributed by atoms with Crippen LogP contribution in [0.15, 0.2) is 65.0 Å².